The van der Waals surface area contributed by atoms with Crippen molar-refractivity contribution in [3.8, 4) is 0 Å². The van der Waals surface area contributed by atoms with Gasteiger partial charge in [0.2, 0.25) is 0 Å². The Kier molecular flexibility index (Phi) is 3.16. The van der Waals surface area contributed by atoms with E-state index in [1.165, 1.54) is 19.3 Å². The molecule has 0 radical (unpaired) electrons. The van der Waals surface area contributed by atoms with Gasteiger partial charge in [-0.1, -0.05) is 33.1 Å². The van der Waals surface area contributed by atoms with Crippen molar-refractivity contribution in [1.82, 2.24) is 0 Å². The first kappa shape index (κ1) is 10.0. The van der Waals surface area contributed by atoms with Crippen molar-refractivity contribution in [2.75, 3.05) is 0 Å². The molecule has 12 heavy (non-hydrogen) atoms. The van der Waals surface area contributed by atoms with Crippen molar-refractivity contribution < 1.29 is 5.11 Å². The Morgan fingerprint density at radius 2 is 2.08 bits per heavy atom. The molecule has 0 heterocycles. The summed E-state index contributed by atoms with van der Waals surface area (Å²) in [6.07, 6.45) is 6.11. The molecular weight excluding hydrogens is 148 g/mol. The molecule has 1 N–H and O–H groups in total. The number of rotatable bonds is 5. The van der Waals surface area contributed by atoms with Crippen LogP contribution >= 0.6 is 0 Å². The molecule has 0 bridgehead atoms. The van der Waals surface area contributed by atoms with Gasteiger partial charge in [0.15, 0.2) is 0 Å². The second-order valence-electron chi connectivity index (χ2n) is 4.65. The van der Waals surface area contributed by atoms with Crippen LogP contribution in [0.3, 0.4) is 0 Å². The van der Waals surface area contributed by atoms with Crippen LogP contribution in [-0.2, 0) is 0 Å². The summed E-state index contributed by atoms with van der Waals surface area (Å²) in [6, 6.07) is 0. The summed E-state index contributed by atoms with van der Waals surface area (Å²) < 4.78 is 0. The van der Waals surface area contributed by atoms with Gasteiger partial charge in [0.25, 0.3) is 0 Å². The lowest BCUT2D eigenvalue weighted by Crippen LogP contribution is -2.32. The summed E-state index contributed by atoms with van der Waals surface area (Å²) >= 11 is 0. The van der Waals surface area contributed by atoms with Gasteiger partial charge >= 0.3 is 0 Å². The SMILES string of the molecule is CCC(C)C(C)(O)CCC1CC1. The highest BCUT2D eigenvalue weighted by molar-refractivity contribution is 4.82. The van der Waals surface area contributed by atoms with Gasteiger partial charge < -0.3 is 5.11 Å². The Bertz CT molecular complexity index is 136. The van der Waals surface area contributed by atoms with E-state index in [2.05, 4.69) is 13.8 Å². The Morgan fingerprint density at radius 1 is 1.50 bits per heavy atom. The minimum Gasteiger partial charge on any atom is -0.390 e. The molecule has 1 nitrogen and oxygen atoms in total. The second-order valence-corrected chi connectivity index (χ2v) is 4.65. The smallest absolute Gasteiger partial charge is 0.0645 e. The van der Waals surface area contributed by atoms with E-state index in [1.807, 2.05) is 6.92 Å². The molecule has 1 aliphatic rings. The van der Waals surface area contributed by atoms with Crippen molar-refractivity contribution in [3.63, 3.8) is 0 Å². The molecule has 2 unspecified atom stereocenters. The number of hydrogen-bond acceptors (Lipinski definition) is 1. The maximum Gasteiger partial charge on any atom is 0.0645 e. The van der Waals surface area contributed by atoms with E-state index in [4.69, 9.17) is 0 Å². The Morgan fingerprint density at radius 3 is 2.50 bits per heavy atom. The van der Waals surface area contributed by atoms with E-state index in [0.29, 0.717) is 5.92 Å². The highest BCUT2D eigenvalue weighted by Crippen LogP contribution is 2.37. The van der Waals surface area contributed by atoms with E-state index in [-0.39, 0.29) is 0 Å². The van der Waals surface area contributed by atoms with Gasteiger partial charge in [-0.25, -0.2) is 0 Å². The minimum atomic E-state index is -0.419. The van der Waals surface area contributed by atoms with Gasteiger partial charge in [0.05, 0.1) is 5.60 Å². The summed E-state index contributed by atoms with van der Waals surface area (Å²) in [5.41, 5.74) is -0.419. The third-order valence-electron chi connectivity index (χ3n) is 3.43. The van der Waals surface area contributed by atoms with Crippen LogP contribution in [-0.4, -0.2) is 10.7 Å². The lowest BCUT2D eigenvalue weighted by atomic mass is 9.84. The fourth-order valence-electron chi connectivity index (χ4n) is 1.59. The third kappa shape index (κ3) is 2.78. The molecule has 0 amide bonds. The van der Waals surface area contributed by atoms with Gasteiger partial charge in [-0.15, -0.1) is 0 Å². The second kappa shape index (κ2) is 3.78. The molecule has 1 rings (SSSR count). The molecule has 0 spiro atoms. The summed E-state index contributed by atoms with van der Waals surface area (Å²) in [5, 5.41) is 10.1. The lowest BCUT2D eigenvalue weighted by molar-refractivity contribution is -0.00603. The molecule has 0 aliphatic heterocycles. The van der Waals surface area contributed by atoms with Crippen molar-refractivity contribution >= 4 is 0 Å². The average molecular weight is 170 g/mol. The normalized spacial score (nSPS) is 25.0. The maximum atomic E-state index is 10.1. The predicted octanol–water partition coefficient (Wildman–Crippen LogP) is 2.97. The fraction of sp³-hybridized carbons (Fsp3) is 1.00. The molecule has 1 saturated carbocycles. The van der Waals surface area contributed by atoms with Crippen LogP contribution in [0.15, 0.2) is 0 Å². The van der Waals surface area contributed by atoms with Crippen molar-refractivity contribution in [1.29, 1.82) is 0 Å². The largest absolute Gasteiger partial charge is 0.390 e. The quantitative estimate of drug-likeness (QED) is 0.672. The molecule has 2 atom stereocenters. The fourth-order valence-corrected chi connectivity index (χ4v) is 1.59. The number of aliphatic hydroxyl groups is 1. The van der Waals surface area contributed by atoms with Gasteiger partial charge in [0, 0.05) is 0 Å². The van der Waals surface area contributed by atoms with E-state index >= 15 is 0 Å². The molecule has 1 aliphatic carbocycles. The molecular formula is C11H22O. The molecule has 0 aromatic rings. The van der Waals surface area contributed by atoms with Crippen molar-refractivity contribution in [3.05, 3.63) is 0 Å². The van der Waals surface area contributed by atoms with Crippen molar-refractivity contribution in [2.24, 2.45) is 11.8 Å². The van der Waals surface area contributed by atoms with Crippen LogP contribution in [0.1, 0.15) is 52.9 Å². The maximum absolute atomic E-state index is 10.1. The van der Waals surface area contributed by atoms with Crippen LogP contribution in [0.25, 0.3) is 0 Å². The Labute approximate surface area is 76.2 Å². The average Bonchev–Trinajstić information content (AvgIpc) is 2.82. The third-order valence-corrected chi connectivity index (χ3v) is 3.43. The van der Waals surface area contributed by atoms with Crippen LogP contribution in [0.2, 0.25) is 0 Å². The van der Waals surface area contributed by atoms with Crippen LogP contribution in [0, 0.1) is 11.8 Å². The Hall–Kier alpha value is -0.0400. The van der Waals surface area contributed by atoms with Crippen LogP contribution in [0.4, 0.5) is 0 Å². The van der Waals surface area contributed by atoms with E-state index in [1.54, 1.807) is 0 Å². The van der Waals surface area contributed by atoms with Crippen LogP contribution < -0.4 is 0 Å². The molecule has 1 fully saturated rings. The van der Waals surface area contributed by atoms with Gasteiger partial charge in [0.1, 0.15) is 0 Å². The molecule has 1 heteroatoms. The topological polar surface area (TPSA) is 20.2 Å². The zero-order valence-electron chi connectivity index (χ0n) is 8.64. The van der Waals surface area contributed by atoms with E-state index in [0.717, 1.165) is 18.8 Å². The zero-order valence-corrected chi connectivity index (χ0v) is 8.64. The first-order valence-electron chi connectivity index (χ1n) is 5.28. The Balaban J connectivity index is 2.24. The zero-order chi connectivity index (χ0) is 9.19. The molecule has 0 aromatic carbocycles. The van der Waals surface area contributed by atoms with Crippen molar-refractivity contribution in [2.45, 2.75) is 58.5 Å². The van der Waals surface area contributed by atoms with Gasteiger partial charge in [-0.05, 0) is 31.6 Å². The number of hydrogen-bond donors (Lipinski definition) is 1. The first-order valence-corrected chi connectivity index (χ1v) is 5.28. The summed E-state index contributed by atoms with van der Waals surface area (Å²) in [4.78, 5) is 0. The summed E-state index contributed by atoms with van der Waals surface area (Å²) in [7, 11) is 0. The van der Waals surface area contributed by atoms with Crippen LogP contribution in [0.5, 0.6) is 0 Å². The summed E-state index contributed by atoms with van der Waals surface area (Å²) in [5.74, 6) is 1.39. The van der Waals surface area contributed by atoms with Gasteiger partial charge in [-0.3, -0.25) is 0 Å². The molecule has 0 aromatic heterocycles. The molecule has 0 saturated heterocycles. The highest BCUT2D eigenvalue weighted by atomic mass is 16.3. The van der Waals surface area contributed by atoms with Gasteiger partial charge in [-0.2, -0.15) is 0 Å². The monoisotopic (exact) mass is 170 g/mol. The highest BCUT2D eigenvalue weighted by Gasteiger charge is 2.30. The standard InChI is InChI=1S/C11H22O/c1-4-9(2)11(3,12)8-7-10-5-6-10/h9-10,12H,4-8H2,1-3H3. The first-order chi connectivity index (χ1) is 5.56. The van der Waals surface area contributed by atoms with E-state index in [9.17, 15) is 5.11 Å². The summed E-state index contributed by atoms with van der Waals surface area (Å²) in [6.45, 7) is 6.28. The van der Waals surface area contributed by atoms with E-state index < -0.39 is 5.60 Å². The molecule has 72 valence electrons. The minimum absolute atomic E-state index is 0.419. The lowest BCUT2D eigenvalue weighted by Gasteiger charge is -2.29. The predicted molar refractivity (Wildman–Crippen MR) is 52.0 cm³/mol.